The molecule has 2 aromatic rings. The molecule has 0 unspecified atom stereocenters. The number of aryl methyl sites for hydroxylation is 1. The number of anilines is 1. The van der Waals surface area contributed by atoms with Crippen LogP contribution in [0.2, 0.25) is 0 Å². The van der Waals surface area contributed by atoms with Gasteiger partial charge >= 0.3 is 5.97 Å². The Balaban J connectivity index is 1.89. The monoisotopic (exact) mass is 451 g/mol. The van der Waals surface area contributed by atoms with Crippen molar-refractivity contribution >= 4 is 34.9 Å². The average molecular weight is 452 g/mol. The SMILES string of the molecule is CC1=C(C(=O)OCC(C)C)[C@@H](c2cccc(NC(=O)c3ccc(C)cc3)c2)NC(=S)N1C. The highest BCUT2D eigenvalue weighted by Crippen LogP contribution is 2.32. The summed E-state index contributed by atoms with van der Waals surface area (Å²) in [6.07, 6.45) is 0. The molecule has 2 aromatic carbocycles. The van der Waals surface area contributed by atoms with Crippen molar-refractivity contribution < 1.29 is 14.3 Å². The Morgan fingerprint density at radius 1 is 1.16 bits per heavy atom. The van der Waals surface area contributed by atoms with E-state index in [1.54, 1.807) is 17.0 Å². The van der Waals surface area contributed by atoms with Crippen LogP contribution in [0, 0.1) is 12.8 Å². The van der Waals surface area contributed by atoms with Gasteiger partial charge in [0.2, 0.25) is 0 Å². The molecule has 1 atom stereocenters. The topological polar surface area (TPSA) is 70.7 Å². The van der Waals surface area contributed by atoms with Crippen molar-refractivity contribution in [3.8, 4) is 0 Å². The maximum Gasteiger partial charge on any atom is 0.338 e. The average Bonchev–Trinajstić information content (AvgIpc) is 2.76. The minimum absolute atomic E-state index is 0.197. The number of nitrogens with zero attached hydrogens (tertiary/aromatic N) is 1. The molecule has 0 saturated heterocycles. The van der Waals surface area contributed by atoms with Gasteiger partial charge in [0.1, 0.15) is 0 Å². The predicted molar refractivity (Wildman–Crippen MR) is 130 cm³/mol. The fraction of sp³-hybridized carbons (Fsp3) is 0.320. The summed E-state index contributed by atoms with van der Waals surface area (Å²) in [5.74, 6) is -0.344. The van der Waals surface area contributed by atoms with Crippen LogP contribution in [0.25, 0.3) is 0 Å². The summed E-state index contributed by atoms with van der Waals surface area (Å²) in [5.41, 5.74) is 4.34. The van der Waals surface area contributed by atoms with Gasteiger partial charge in [0, 0.05) is 24.0 Å². The van der Waals surface area contributed by atoms with Crippen molar-refractivity contribution in [1.82, 2.24) is 10.2 Å². The van der Waals surface area contributed by atoms with Crippen LogP contribution in [0.15, 0.2) is 59.8 Å². The molecule has 3 rings (SSSR count). The molecule has 0 fully saturated rings. The lowest BCUT2D eigenvalue weighted by Gasteiger charge is -2.35. The second-order valence-electron chi connectivity index (χ2n) is 8.38. The van der Waals surface area contributed by atoms with Gasteiger partial charge < -0.3 is 20.3 Å². The number of allylic oxidation sites excluding steroid dienone is 1. The van der Waals surface area contributed by atoms with Crippen LogP contribution in [0.5, 0.6) is 0 Å². The highest BCUT2D eigenvalue weighted by atomic mass is 32.1. The zero-order valence-corrected chi connectivity index (χ0v) is 19.9. The van der Waals surface area contributed by atoms with Gasteiger partial charge in [-0.25, -0.2) is 4.79 Å². The van der Waals surface area contributed by atoms with Crippen molar-refractivity contribution in [3.63, 3.8) is 0 Å². The predicted octanol–water partition coefficient (Wildman–Crippen LogP) is 4.58. The smallest absolute Gasteiger partial charge is 0.338 e. The molecular weight excluding hydrogens is 422 g/mol. The minimum atomic E-state index is -0.477. The normalized spacial score (nSPS) is 16.1. The molecule has 2 N–H and O–H groups in total. The summed E-state index contributed by atoms with van der Waals surface area (Å²) in [6.45, 7) is 8.15. The van der Waals surface area contributed by atoms with Crippen LogP contribution in [0.4, 0.5) is 5.69 Å². The van der Waals surface area contributed by atoms with Crippen LogP contribution in [-0.4, -0.2) is 35.5 Å². The van der Waals surface area contributed by atoms with E-state index < -0.39 is 6.04 Å². The van der Waals surface area contributed by atoms with E-state index in [4.69, 9.17) is 17.0 Å². The van der Waals surface area contributed by atoms with Gasteiger partial charge in [-0.05, 0) is 61.8 Å². The van der Waals surface area contributed by atoms with Crippen molar-refractivity contribution in [1.29, 1.82) is 0 Å². The van der Waals surface area contributed by atoms with Gasteiger partial charge in [0.15, 0.2) is 5.11 Å². The van der Waals surface area contributed by atoms with Crippen LogP contribution >= 0.6 is 12.2 Å². The molecule has 0 bridgehead atoms. The molecule has 1 aliphatic heterocycles. The van der Waals surface area contributed by atoms with Crippen LogP contribution in [0.3, 0.4) is 0 Å². The third kappa shape index (κ3) is 5.34. The summed E-state index contributed by atoms with van der Waals surface area (Å²) in [5, 5.41) is 6.68. The summed E-state index contributed by atoms with van der Waals surface area (Å²) in [7, 11) is 1.81. The summed E-state index contributed by atoms with van der Waals surface area (Å²) >= 11 is 5.46. The standard InChI is InChI=1S/C25H29N3O3S/c1-15(2)14-31-24(30)21-17(4)28(5)25(32)27-22(21)19-7-6-8-20(13-19)26-23(29)18-11-9-16(3)10-12-18/h6-13,15,22H,14H2,1-5H3,(H,26,29)(H,27,32)/t22-/m1/s1. The third-order valence-electron chi connectivity index (χ3n) is 5.31. The second kappa shape index (κ2) is 9.96. The number of benzene rings is 2. The lowest BCUT2D eigenvalue weighted by Crippen LogP contribution is -2.46. The lowest BCUT2D eigenvalue weighted by molar-refractivity contribution is -0.140. The number of thiocarbonyl (C=S) groups is 1. The molecule has 1 amide bonds. The second-order valence-corrected chi connectivity index (χ2v) is 8.77. The van der Waals surface area contributed by atoms with Crippen LogP contribution in [0.1, 0.15) is 48.3 Å². The third-order valence-corrected chi connectivity index (χ3v) is 5.70. The van der Waals surface area contributed by atoms with Gasteiger partial charge in [-0.3, -0.25) is 4.79 Å². The molecule has 0 aromatic heterocycles. The number of hydrogen-bond donors (Lipinski definition) is 2. The first-order valence-electron chi connectivity index (χ1n) is 10.6. The molecule has 168 valence electrons. The lowest BCUT2D eigenvalue weighted by atomic mass is 9.94. The Kier molecular flexibility index (Phi) is 7.30. The Morgan fingerprint density at radius 2 is 1.84 bits per heavy atom. The Hall–Kier alpha value is -3.19. The number of carbonyl (C=O) groups is 2. The molecule has 6 nitrogen and oxygen atoms in total. The number of ether oxygens (including phenoxy) is 1. The first kappa shape index (κ1) is 23.5. The number of hydrogen-bond acceptors (Lipinski definition) is 4. The number of nitrogens with one attached hydrogen (secondary N) is 2. The van der Waals surface area contributed by atoms with Crippen molar-refractivity contribution in [2.45, 2.75) is 33.7 Å². The van der Waals surface area contributed by atoms with Crippen LogP contribution in [-0.2, 0) is 9.53 Å². The van der Waals surface area contributed by atoms with Gasteiger partial charge in [-0.2, -0.15) is 0 Å². The molecule has 1 aliphatic rings. The minimum Gasteiger partial charge on any atom is -0.462 e. The molecule has 0 saturated carbocycles. The van der Waals surface area contributed by atoms with E-state index in [-0.39, 0.29) is 17.8 Å². The molecule has 32 heavy (non-hydrogen) atoms. The Labute approximate surface area is 194 Å². The fourth-order valence-electron chi connectivity index (χ4n) is 3.37. The van der Waals surface area contributed by atoms with E-state index >= 15 is 0 Å². The highest BCUT2D eigenvalue weighted by Gasteiger charge is 2.33. The highest BCUT2D eigenvalue weighted by molar-refractivity contribution is 7.80. The zero-order valence-electron chi connectivity index (χ0n) is 19.1. The number of carbonyl (C=O) groups excluding carboxylic acids is 2. The zero-order chi connectivity index (χ0) is 23.4. The first-order valence-corrected chi connectivity index (χ1v) is 11.0. The molecular formula is C25H29N3O3S. The fourth-order valence-corrected chi connectivity index (χ4v) is 3.63. The van der Waals surface area contributed by atoms with Gasteiger partial charge in [0.25, 0.3) is 5.91 Å². The van der Waals surface area contributed by atoms with Crippen molar-refractivity contribution in [3.05, 3.63) is 76.5 Å². The van der Waals surface area contributed by atoms with Crippen molar-refractivity contribution in [2.24, 2.45) is 5.92 Å². The van der Waals surface area contributed by atoms with E-state index in [0.29, 0.717) is 28.5 Å². The van der Waals surface area contributed by atoms with Gasteiger partial charge in [0.05, 0.1) is 18.2 Å². The Morgan fingerprint density at radius 3 is 2.50 bits per heavy atom. The summed E-state index contributed by atoms with van der Waals surface area (Å²) < 4.78 is 5.53. The summed E-state index contributed by atoms with van der Waals surface area (Å²) in [4.78, 5) is 27.4. The van der Waals surface area contributed by atoms with Crippen molar-refractivity contribution in [2.75, 3.05) is 19.0 Å². The van der Waals surface area contributed by atoms with E-state index in [1.807, 2.05) is 71.1 Å². The van der Waals surface area contributed by atoms with E-state index in [1.165, 1.54) is 0 Å². The number of rotatable bonds is 6. The number of esters is 1. The molecule has 7 heteroatoms. The maximum atomic E-state index is 13.0. The number of amides is 1. The molecule has 0 radical (unpaired) electrons. The Bertz CT molecular complexity index is 1060. The molecule has 1 heterocycles. The largest absolute Gasteiger partial charge is 0.462 e. The van der Waals surface area contributed by atoms with E-state index in [2.05, 4.69) is 10.6 Å². The first-order chi connectivity index (χ1) is 15.2. The van der Waals surface area contributed by atoms with E-state index in [9.17, 15) is 9.59 Å². The molecule has 0 aliphatic carbocycles. The van der Waals surface area contributed by atoms with E-state index in [0.717, 1.165) is 16.8 Å². The van der Waals surface area contributed by atoms with Crippen LogP contribution < -0.4 is 10.6 Å². The molecule has 0 spiro atoms. The quantitative estimate of drug-likeness (QED) is 0.495. The summed E-state index contributed by atoms with van der Waals surface area (Å²) in [6, 6.07) is 14.3. The van der Waals surface area contributed by atoms with Gasteiger partial charge in [-0.15, -0.1) is 0 Å². The maximum absolute atomic E-state index is 13.0. The van der Waals surface area contributed by atoms with Gasteiger partial charge in [-0.1, -0.05) is 43.7 Å².